The van der Waals surface area contributed by atoms with Gasteiger partial charge in [0.25, 0.3) is 5.91 Å². The molecule has 1 aliphatic heterocycles. The van der Waals surface area contributed by atoms with Crippen molar-refractivity contribution >= 4 is 23.4 Å². The molecule has 0 saturated heterocycles. The molecule has 4 heteroatoms. The third-order valence-corrected chi connectivity index (χ3v) is 4.05. The van der Waals surface area contributed by atoms with E-state index < -0.39 is 0 Å². The lowest BCUT2D eigenvalue weighted by Gasteiger charge is -2.12. The van der Waals surface area contributed by atoms with Crippen LogP contribution in [-0.2, 0) is 4.79 Å². The highest BCUT2D eigenvalue weighted by atomic mass is 32.2. The third kappa shape index (κ3) is 1.89. The fourth-order valence-electron chi connectivity index (χ4n) is 1.96. The second-order valence-corrected chi connectivity index (χ2v) is 5.12. The summed E-state index contributed by atoms with van der Waals surface area (Å²) in [7, 11) is 0. The van der Waals surface area contributed by atoms with Gasteiger partial charge < -0.3 is 5.32 Å². The first-order valence-corrected chi connectivity index (χ1v) is 6.23. The maximum Gasteiger partial charge on any atom is 0.256 e. The van der Waals surface area contributed by atoms with Crippen LogP contribution in [0.25, 0.3) is 0 Å². The first kappa shape index (κ1) is 10.6. The lowest BCUT2D eigenvalue weighted by molar-refractivity contribution is -0.112. The average molecular weight is 247 g/mol. The molecule has 86 valence electrons. The fraction of sp³-hybridized carbons (Fsp3) is 0.154. The predicted octanol–water partition coefficient (Wildman–Crippen LogP) is 3.63. The Morgan fingerprint density at radius 1 is 1.24 bits per heavy atom. The summed E-state index contributed by atoms with van der Waals surface area (Å²) in [4.78, 5) is 13.9. The number of allylic oxidation sites excluding steroid dienone is 2. The summed E-state index contributed by atoms with van der Waals surface area (Å²) in [6.07, 6.45) is 2.35. The molecule has 0 saturated carbocycles. The summed E-state index contributed by atoms with van der Waals surface area (Å²) in [5.41, 5.74) is 1.26. The van der Waals surface area contributed by atoms with Crippen LogP contribution < -0.4 is 5.32 Å². The van der Waals surface area contributed by atoms with E-state index in [9.17, 15) is 9.18 Å². The summed E-state index contributed by atoms with van der Waals surface area (Å²) in [6, 6.07) is 7.63. The molecule has 0 spiro atoms. The first-order valence-electron chi connectivity index (χ1n) is 5.41. The molecule has 0 atom stereocenters. The topological polar surface area (TPSA) is 29.1 Å². The van der Waals surface area contributed by atoms with E-state index in [1.807, 2.05) is 24.3 Å². The number of para-hydroxylation sites is 1. The van der Waals surface area contributed by atoms with E-state index in [-0.39, 0.29) is 11.7 Å². The summed E-state index contributed by atoms with van der Waals surface area (Å²) < 4.78 is 13.2. The normalized spacial score (nSPS) is 18.9. The SMILES string of the molecule is O=C1Nc2ccccc2SC2=C1C=C(F)CC2. The third-order valence-electron chi connectivity index (χ3n) is 2.81. The highest BCUT2D eigenvalue weighted by molar-refractivity contribution is 8.03. The molecule has 2 nitrogen and oxygen atoms in total. The second-order valence-electron chi connectivity index (χ2n) is 3.98. The molecule has 1 amide bonds. The van der Waals surface area contributed by atoms with E-state index in [1.54, 1.807) is 11.8 Å². The summed E-state index contributed by atoms with van der Waals surface area (Å²) in [5.74, 6) is -0.433. The Labute approximate surface area is 103 Å². The molecular formula is C13H10FNOS. The van der Waals surface area contributed by atoms with Crippen molar-refractivity contribution in [3.8, 4) is 0 Å². The molecule has 0 aromatic heterocycles. The van der Waals surface area contributed by atoms with Crippen molar-refractivity contribution < 1.29 is 9.18 Å². The molecule has 0 fully saturated rings. The van der Waals surface area contributed by atoms with Crippen molar-refractivity contribution in [3.05, 3.63) is 46.6 Å². The van der Waals surface area contributed by atoms with Gasteiger partial charge in [0.15, 0.2) is 0 Å². The molecule has 0 bridgehead atoms. The van der Waals surface area contributed by atoms with Crippen molar-refractivity contribution in [2.24, 2.45) is 0 Å². The highest BCUT2D eigenvalue weighted by Gasteiger charge is 2.24. The number of halogens is 1. The molecule has 1 aromatic carbocycles. The van der Waals surface area contributed by atoms with Gasteiger partial charge in [-0.1, -0.05) is 23.9 Å². The second kappa shape index (κ2) is 4.04. The lowest BCUT2D eigenvalue weighted by Crippen LogP contribution is -2.14. The van der Waals surface area contributed by atoms with Crippen LogP contribution in [0.15, 0.2) is 51.5 Å². The molecule has 1 N–H and O–H groups in total. The maximum absolute atomic E-state index is 13.2. The van der Waals surface area contributed by atoms with Crippen molar-refractivity contribution in [1.29, 1.82) is 0 Å². The number of rotatable bonds is 0. The number of hydrogen-bond donors (Lipinski definition) is 1. The summed E-state index contributed by atoms with van der Waals surface area (Å²) in [5, 5.41) is 2.81. The van der Waals surface area contributed by atoms with Gasteiger partial charge in [0, 0.05) is 16.2 Å². The number of thioether (sulfide) groups is 1. The molecular weight excluding hydrogens is 237 g/mol. The number of anilines is 1. The zero-order chi connectivity index (χ0) is 11.8. The van der Waals surface area contributed by atoms with Crippen LogP contribution in [0.1, 0.15) is 12.8 Å². The van der Waals surface area contributed by atoms with Gasteiger partial charge in [-0.3, -0.25) is 4.79 Å². The summed E-state index contributed by atoms with van der Waals surface area (Å²) in [6.45, 7) is 0. The van der Waals surface area contributed by atoms with Crippen molar-refractivity contribution in [2.75, 3.05) is 5.32 Å². The molecule has 1 aliphatic carbocycles. The van der Waals surface area contributed by atoms with Gasteiger partial charge in [-0.25, -0.2) is 4.39 Å². The van der Waals surface area contributed by atoms with Gasteiger partial charge in [-0.2, -0.15) is 0 Å². The van der Waals surface area contributed by atoms with Crippen LogP contribution in [0.3, 0.4) is 0 Å². The number of fused-ring (bicyclic) bond motifs is 1. The van der Waals surface area contributed by atoms with Gasteiger partial charge in [-0.05, 0) is 24.6 Å². The van der Waals surface area contributed by atoms with E-state index in [4.69, 9.17) is 0 Å². The van der Waals surface area contributed by atoms with Gasteiger partial charge >= 0.3 is 0 Å². The minimum atomic E-state index is -0.217. The van der Waals surface area contributed by atoms with E-state index in [0.29, 0.717) is 18.4 Å². The molecule has 17 heavy (non-hydrogen) atoms. The largest absolute Gasteiger partial charge is 0.321 e. The first-order chi connectivity index (χ1) is 8.24. The van der Waals surface area contributed by atoms with Crippen LogP contribution in [0.4, 0.5) is 10.1 Å². The lowest BCUT2D eigenvalue weighted by atomic mass is 10.1. The smallest absolute Gasteiger partial charge is 0.256 e. The van der Waals surface area contributed by atoms with Crippen LogP contribution in [-0.4, -0.2) is 5.91 Å². The van der Waals surface area contributed by atoms with Crippen molar-refractivity contribution in [2.45, 2.75) is 17.7 Å². The number of carbonyl (C=O) groups excluding carboxylic acids is 1. The Bertz CT molecular complexity index is 562. The number of nitrogens with one attached hydrogen (secondary N) is 1. The minimum Gasteiger partial charge on any atom is -0.321 e. The van der Waals surface area contributed by atoms with Crippen LogP contribution in [0.5, 0.6) is 0 Å². The Hall–Kier alpha value is -1.55. The maximum atomic E-state index is 13.2. The minimum absolute atomic E-state index is 0.215. The number of benzene rings is 1. The summed E-state index contributed by atoms with van der Waals surface area (Å²) >= 11 is 1.55. The van der Waals surface area contributed by atoms with Crippen molar-refractivity contribution in [3.63, 3.8) is 0 Å². The van der Waals surface area contributed by atoms with Crippen LogP contribution in [0.2, 0.25) is 0 Å². The molecule has 0 unspecified atom stereocenters. The molecule has 1 heterocycles. The van der Waals surface area contributed by atoms with E-state index >= 15 is 0 Å². The number of hydrogen-bond acceptors (Lipinski definition) is 2. The van der Waals surface area contributed by atoms with Gasteiger partial charge in [0.2, 0.25) is 0 Å². The predicted molar refractivity (Wildman–Crippen MR) is 66.4 cm³/mol. The Morgan fingerprint density at radius 2 is 2.06 bits per heavy atom. The monoisotopic (exact) mass is 247 g/mol. The van der Waals surface area contributed by atoms with Gasteiger partial charge in [-0.15, -0.1) is 0 Å². The zero-order valence-corrected chi connectivity index (χ0v) is 9.81. The van der Waals surface area contributed by atoms with E-state index in [0.717, 1.165) is 15.5 Å². The Kier molecular flexibility index (Phi) is 2.52. The highest BCUT2D eigenvalue weighted by Crippen LogP contribution is 2.42. The standard InChI is InChI=1S/C13H10FNOS/c14-8-5-6-11-9(7-8)13(16)15-10-3-1-2-4-12(10)17-11/h1-4,7H,5-6H2,(H,15,16). The number of carbonyl (C=O) groups is 1. The Morgan fingerprint density at radius 3 is 2.94 bits per heavy atom. The molecule has 1 aromatic rings. The molecule has 2 aliphatic rings. The molecule has 0 radical (unpaired) electrons. The van der Waals surface area contributed by atoms with Gasteiger partial charge in [0.1, 0.15) is 5.83 Å². The van der Waals surface area contributed by atoms with Crippen LogP contribution in [0, 0.1) is 0 Å². The van der Waals surface area contributed by atoms with E-state index in [2.05, 4.69) is 5.32 Å². The molecule has 3 rings (SSSR count). The van der Waals surface area contributed by atoms with Crippen LogP contribution >= 0.6 is 11.8 Å². The Balaban J connectivity index is 2.09. The van der Waals surface area contributed by atoms with E-state index in [1.165, 1.54) is 6.08 Å². The average Bonchev–Trinajstić information content (AvgIpc) is 2.46. The van der Waals surface area contributed by atoms with Gasteiger partial charge in [0.05, 0.1) is 11.3 Å². The van der Waals surface area contributed by atoms with Crippen molar-refractivity contribution in [1.82, 2.24) is 0 Å². The zero-order valence-electron chi connectivity index (χ0n) is 9.00. The fourth-order valence-corrected chi connectivity index (χ4v) is 3.06. The quantitative estimate of drug-likeness (QED) is 0.758. The number of amides is 1.